The molecule has 13 heteroatoms. The van der Waals surface area contributed by atoms with E-state index in [1.165, 1.54) is 0 Å². The number of carbonyl (C=O) groups is 2. The summed E-state index contributed by atoms with van der Waals surface area (Å²) in [6.07, 6.45) is 6.80. The van der Waals surface area contributed by atoms with Gasteiger partial charge in [0.15, 0.2) is 0 Å². The monoisotopic (exact) mass is 836 g/mol. The highest BCUT2D eigenvalue weighted by molar-refractivity contribution is 9.11. The van der Waals surface area contributed by atoms with Crippen LogP contribution in [0.25, 0.3) is 21.8 Å². The van der Waals surface area contributed by atoms with Crippen LogP contribution in [0.15, 0.2) is 107 Å². The molecule has 0 aliphatic heterocycles. The maximum Gasteiger partial charge on any atom is 0.270 e. The van der Waals surface area contributed by atoms with Gasteiger partial charge in [-0.2, -0.15) is 0 Å². The zero-order chi connectivity index (χ0) is 33.9. The zero-order valence-corrected chi connectivity index (χ0v) is 30.8. The number of hydrogen-bond acceptors (Lipinski definition) is 7. The highest BCUT2D eigenvalue weighted by Gasteiger charge is 2.13. The molecular weight excluding hydrogens is 796 g/mol. The molecule has 10 nitrogen and oxygen atoms in total. The SMILES string of the molecule is C.C.CCNc1ccccc1CNC(=O)c1ccc2cncc(Br)c2n1.CC[NH2+]c1ccccc1CNC(=O)c1ccc2cncc(Br)c2n1.[Cl-]. The van der Waals surface area contributed by atoms with Gasteiger partial charge in [-0.05, 0) is 87.7 Å². The van der Waals surface area contributed by atoms with E-state index in [-0.39, 0.29) is 39.1 Å². The molecule has 268 valence electrons. The van der Waals surface area contributed by atoms with Gasteiger partial charge in [0.25, 0.3) is 11.8 Å². The number of para-hydroxylation sites is 2. The number of benzene rings is 2. The topological polar surface area (TPSA) is 138 Å². The van der Waals surface area contributed by atoms with Crippen molar-refractivity contribution in [2.75, 3.05) is 18.4 Å². The van der Waals surface area contributed by atoms with Crippen molar-refractivity contribution in [3.8, 4) is 0 Å². The van der Waals surface area contributed by atoms with Gasteiger partial charge in [-0.1, -0.05) is 51.3 Å². The van der Waals surface area contributed by atoms with Gasteiger partial charge in [0, 0.05) is 66.4 Å². The molecule has 0 saturated heterocycles. The molecule has 0 atom stereocenters. The fourth-order valence-corrected chi connectivity index (χ4v) is 5.83. The molecule has 4 aromatic heterocycles. The predicted molar refractivity (Wildman–Crippen MR) is 209 cm³/mol. The number of anilines is 1. The molecule has 0 radical (unpaired) electrons. The standard InChI is InChI=1S/2C18H17BrN4O.2CH4.ClH/c2*1-2-21-15-6-4-3-5-12(15)10-22-18(24)16-8-7-13-9-20-11-14(19)17(13)23-16;;;/h2*3-9,11,21H,2,10H2,1H3,(H,22,24);2*1H4;1H. The number of carbonyl (C=O) groups excluding carboxylic acids is 2. The number of amides is 2. The quantitative estimate of drug-likeness (QED) is 0.149. The predicted octanol–water partition coefficient (Wildman–Crippen LogP) is 4.57. The molecule has 0 spiro atoms. The summed E-state index contributed by atoms with van der Waals surface area (Å²) >= 11 is 6.84. The lowest BCUT2D eigenvalue weighted by molar-refractivity contribution is -0.568. The average molecular weight is 839 g/mol. The summed E-state index contributed by atoms with van der Waals surface area (Å²) in [5.74, 6) is -0.390. The Morgan fingerprint density at radius 3 is 1.69 bits per heavy atom. The summed E-state index contributed by atoms with van der Waals surface area (Å²) in [4.78, 5) is 41.9. The summed E-state index contributed by atoms with van der Waals surface area (Å²) in [5.41, 5.74) is 6.56. The van der Waals surface area contributed by atoms with Crippen molar-refractivity contribution < 1.29 is 27.3 Å². The first-order valence-electron chi connectivity index (χ1n) is 15.5. The van der Waals surface area contributed by atoms with E-state index < -0.39 is 0 Å². The third kappa shape index (κ3) is 11.3. The lowest BCUT2D eigenvalue weighted by Crippen LogP contribution is -3.00. The number of rotatable bonds is 10. The highest BCUT2D eigenvalue weighted by Crippen LogP contribution is 2.22. The summed E-state index contributed by atoms with van der Waals surface area (Å²) in [5, 5.41) is 13.1. The second-order valence-corrected chi connectivity index (χ2v) is 12.4. The van der Waals surface area contributed by atoms with Crippen molar-refractivity contribution in [2.45, 2.75) is 41.8 Å². The zero-order valence-electron chi connectivity index (χ0n) is 26.9. The molecule has 0 fully saturated rings. The maximum absolute atomic E-state index is 12.4. The smallest absolute Gasteiger partial charge is 0.270 e. The minimum Gasteiger partial charge on any atom is -1.00 e. The normalized spacial score (nSPS) is 10.0. The molecule has 5 N–H and O–H groups in total. The second kappa shape index (κ2) is 21.0. The third-order valence-corrected chi connectivity index (χ3v) is 8.48. The Balaban J connectivity index is 0.000000334. The van der Waals surface area contributed by atoms with E-state index in [9.17, 15) is 9.59 Å². The fraction of sp³-hybridized carbons (Fsp3) is 0.211. The Kier molecular flexibility index (Phi) is 17.6. The fourth-order valence-electron chi connectivity index (χ4n) is 4.96. The van der Waals surface area contributed by atoms with Crippen molar-refractivity contribution in [2.24, 2.45) is 0 Å². The van der Waals surface area contributed by atoms with Crippen LogP contribution in [-0.4, -0.2) is 44.8 Å². The van der Waals surface area contributed by atoms with Gasteiger partial charge in [-0.3, -0.25) is 19.6 Å². The van der Waals surface area contributed by atoms with Crippen LogP contribution < -0.4 is 33.7 Å². The summed E-state index contributed by atoms with van der Waals surface area (Å²) in [6.45, 7) is 6.85. The molecule has 6 rings (SSSR count). The molecular formula is C38H43Br2ClN8O2. The number of nitrogens with two attached hydrogens (primary N) is 1. The second-order valence-electron chi connectivity index (χ2n) is 10.6. The number of quaternary nitrogens is 1. The van der Waals surface area contributed by atoms with Crippen LogP contribution in [0.2, 0.25) is 0 Å². The maximum atomic E-state index is 12.4. The van der Waals surface area contributed by atoms with E-state index >= 15 is 0 Å². The molecule has 0 bridgehead atoms. The van der Waals surface area contributed by atoms with E-state index in [0.717, 1.165) is 66.3 Å². The van der Waals surface area contributed by atoms with Crippen molar-refractivity contribution in [3.63, 3.8) is 0 Å². The summed E-state index contributed by atoms with van der Waals surface area (Å²) in [7, 11) is 0. The minimum absolute atomic E-state index is 0. The average Bonchev–Trinajstić information content (AvgIpc) is 3.11. The van der Waals surface area contributed by atoms with E-state index in [0.29, 0.717) is 24.5 Å². The molecule has 0 unspecified atom stereocenters. The van der Waals surface area contributed by atoms with Gasteiger partial charge < -0.3 is 33.7 Å². The molecule has 2 amide bonds. The van der Waals surface area contributed by atoms with Crippen molar-refractivity contribution in [1.82, 2.24) is 30.6 Å². The van der Waals surface area contributed by atoms with E-state index in [1.807, 2.05) is 61.5 Å². The Morgan fingerprint density at radius 1 is 0.667 bits per heavy atom. The van der Waals surface area contributed by atoms with Crippen LogP contribution in [0.1, 0.15) is 60.8 Å². The van der Waals surface area contributed by atoms with Gasteiger partial charge in [-0.25, -0.2) is 9.97 Å². The van der Waals surface area contributed by atoms with Crippen molar-refractivity contribution in [3.05, 3.63) is 129 Å². The molecule has 4 heterocycles. The van der Waals surface area contributed by atoms with Gasteiger partial charge in [0.1, 0.15) is 17.1 Å². The number of aromatic nitrogens is 4. The van der Waals surface area contributed by atoms with Gasteiger partial charge in [-0.15, -0.1) is 0 Å². The number of halogens is 3. The van der Waals surface area contributed by atoms with Gasteiger partial charge in [0.05, 0.1) is 26.5 Å². The highest BCUT2D eigenvalue weighted by atomic mass is 79.9. The van der Waals surface area contributed by atoms with Crippen LogP contribution in [0.4, 0.5) is 11.4 Å². The Hall–Kier alpha value is -4.49. The third-order valence-electron chi connectivity index (χ3n) is 7.32. The van der Waals surface area contributed by atoms with Crippen LogP contribution in [0.3, 0.4) is 0 Å². The van der Waals surface area contributed by atoms with E-state index in [4.69, 9.17) is 0 Å². The van der Waals surface area contributed by atoms with Crippen LogP contribution >= 0.6 is 31.9 Å². The molecule has 51 heavy (non-hydrogen) atoms. The lowest BCUT2D eigenvalue weighted by Gasteiger charge is -2.11. The first-order valence-corrected chi connectivity index (χ1v) is 17.1. The first-order chi connectivity index (χ1) is 23.4. The number of pyridine rings is 4. The largest absolute Gasteiger partial charge is 1.00 e. The van der Waals surface area contributed by atoms with Crippen LogP contribution in [-0.2, 0) is 13.1 Å². The lowest BCUT2D eigenvalue weighted by atomic mass is 10.1. The Labute approximate surface area is 322 Å². The number of hydrogen-bond donors (Lipinski definition) is 4. The molecule has 0 aliphatic rings. The molecule has 0 saturated carbocycles. The van der Waals surface area contributed by atoms with E-state index in [1.54, 1.807) is 36.9 Å². The number of nitrogens with one attached hydrogen (secondary N) is 3. The minimum atomic E-state index is -0.202. The van der Waals surface area contributed by atoms with E-state index in [2.05, 4.69) is 86.1 Å². The van der Waals surface area contributed by atoms with Crippen LogP contribution in [0, 0.1) is 0 Å². The van der Waals surface area contributed by atoms with Crippen molar-refractivity contribution >= 4 is 76.9 Å². The summed E-state index contributed by atoms with van der Waals surface area (Å²) in [6, 6.07) is 23.1. The van der Waals surface area contributed by atoms with Gasteiger partial charge in [0.2, 0.25) is 0 Å². The molecule has 2 aromatic carbocycles. The first kappa shape index (κ1) is 42.7. The summed E-state index contributed by atoms with van der Waals surface area (Å²) < 4.78 is 1.55. The Bertz CT molecular complexity index is 1920. The Morgan fingerprint density at radius 2 is 1.16 bits per heavy atom. The molecule has 6 aromatic rings. The van der Waals surface area contributed by atoms with Crippen molar-refractivity contribution in [1.29, 1.82) is 0 Å². The van der Waals surface area contributed by atoms with Gasteiger partial charge >= 0.3 is 0 Å². The van der Waals surface area contributed by atoms with Crippen LogP contribution in [0.5, 0.6) is 0 Å². The molecule has 0 aliphatic carbocycles. The number of fused-ring (bicyclic) bond motifs is 2. The number of nitrogens with zero attached hydrogens (tertiary/aromatic N) is 4.